The summed E-state index contributed by atoms with van der Waals surface area (Å²) in [7, 11) is 0. The van der Waals surface area contributed by atoms with E-state index in [1.807, 2.05) is 31.2 Å². The molecular formula is C19H13Cl2N7O. The molecule has 4 aromatic rings. The third kappa shape index (κ3) is 2.88. The maximum atomic E-state index is 12.6. The van der Waals surface area contributed by atoms with E-state index < -0.39 is 6.04 Å². The average Bonchev–Trinajstić information content (AvgIpc) is 3.17. The first-order valence-electron chi connectivity index (χ1n) is 8.72. The number of tetrazole rings is 1. The molecule has 0 radical (unpaired) electrons. The topological polar surface area (TPSA) is 101 Å². The number of nitrogens with zero attached hydrogens (tertiary/aromatic N) is 5. The van der Waals surface area contributed by atoms with E-state index in [-0.39, 0.29) is 5.56 Å². The predicted octanol–water partition coefficient (Wildman–Crippen LogP) is 3.73. The van der Waals surface area contributed by atoms with Gasteiger partial charge in [0, 0.05) is 16.1 Å². The van der Waals surface area contributed by atoms with Crippen LogP contribution in [0.4, 0.5) is 11.6 Å². The zero-order valence-electron chi connectivity index (χ0n) is 15.0. The van der Waals surface area contributed by atoms with Gasteiger partial charge in [0.05, 0.1) is 5.02 Å². The molecule has 3 heterocycles. The molecule has 1 atom stereocenters. The molecule has 0 saturated heterocycles. The summed E-state index contributed by atoms with van der Waals surface area (Å²) in [5.41, 5.74) is 3.76. The highest BCUT2D eigenvalue weighted by Gasteiger charge is 2.34. The third-order valence-electron chi connectivity index (χ3n) is 4.85. The number of rotatable bonds is 2. The van der Waals surface area contributed by atoms with Gasteiger partial charge >= 0.3 is 0 Å². The molecule has 0 amide bonds. The minimum Gasteiger partial charge on any atom is -0.318 e. The van der Waals surface area contributed by atoms with Crippen molar-refractivity contribution in [3.05, 3.63) is 79.6 Å². The summed E-state index contributed by atoms with van der Waals surface area (Å²) in [6, 6.07) is 12.6. The fourth-order valence-electron chi connectivity index (χ4n) is 3.48. The first-order valence-corrected chi connectivity index (χ1v) is 9.48. The number of fused-ring (bicyclic) bond motifs is 2. The molecule has 0 fully saturated rings. The van der Waals surface area contributed by atoms with Crippen molar-refractivity contribution >= 4 is 34.8 Å². The standard InChI is InChI=1S/C19H13Cl2N7O/c1-9-2-4-10(5-3-9)17-14-15(12-7-6-11(20)8-13(12)21)23-24-18(29)16(14)22-19-25-26-27-28(17)19/h2-8,17H,1H3,(H,24,29)(H,22,25,27)/t17-/m1/s1. The first kappa shape index (κ1) is 17.8. The summed E-state index contributed by atoms with van der Waals surface area (Å²) in [5, 5.41) is 22.7. The Morgan fingerprint density at radius 1 is 1.10 bits per heavy atom. The van der Waals surface area contributed by atoms with Gasteiger partial charge in [-0.1, -0.05) is 58.1 Å². The van der Waals surface area contributed by atoms with Crippen LogP contribution < -0.4 is 10.9 Å². The molecule has 2 N–H and O–H groups in total. The number of hydrogen-bond acceptors (Lipinski definition) is 6. The van der Waals surface area contributed by atoms with Gasteiger partial charge in [-0.25, -0.2) is 5.10 Å². The second-order valence-electron chi connectivity index (χ2n) is 6.70. The molecule has 0 bridgehead atoms. The van der Waals surface area contributed by atoms with Crippen molar-refractivity contribution in [2.75, 3.05) is 5.32 Å². The number of aromatic nitrogens is 6. The number of halogens is 2. The number of anilines is 2. The molecule has 10 heteroatoms. The Morgan fingerprint density at radius 2 is 1.90 bits per heavy atom. The van der Waals surface area contributed by atoms with E-state index in [1.165, 1.54) is 0 Å². The van der Waals surface area contributed by atoms with E-state index in [9.17, 15) is 4.79 Å². The van der Waals surface area contributed by atoms with Crippen molar-refractivity contribution in [1.29, 1.82) is 0 Å². The zero-order chi connectivity index (χ0) is 20.1. The van der Waals surface area contributed by atoms with Gasteiger partial charge in [-0.05, 0) is 41.1 Å². The summed E-state index contributed by atoms with van der Waals surface area (Å²) in [5.74, 6) is 0.368. The molecule has 0 unspecified atom stereocenters. The molecule has 0 saturated carbocycles. The van der Waals surface area contributed by atoms with Crippen molar-refractivity contribution in [3.63, 3.8) is 0 Å². The third-order valence-corrected chi connectivity index (χ3v) is 5.40. The largest absolute Gasteiger partial charge is 0.318 e. The summed E-state index contributed by atoms with van der Waals surface area (Å²) in [4.78, 5) is 12.6. The summed E-state index contributed by atoms with van der Waals surface area (Å²) in [6.45, 7) is 2.01. The number of aromatic amines is 1. The van der Waals surface area contributed by atoms with E-state index in [0.717, 1.165) is 11.1 Å². The lowest BCUT2D eigenvalue weighted by molar-refractivity contribution is 0.567. The minimum absolute atomic E-state index is 0.328. The highest BCUT2D eigenvalue weighted by molar-refractivity contribution is 6.36. The Hall–Kier alpha value is -3.23. The minimum atomic E-state index is -0.464. The Bertz CT molecular complexity index is 1300. The lowest BCUT2D eigenvalue weighted by Gasteiger charge is -2.28. The Morgan fingerprint density at radius 3 is 2.66 bits per heavy atom. The maximum absolute atomic E-state index is 12.6. The maximum Gasteiger partial charge on any atom is 0.288 e. The monoisotopic (exact) mass is 425 g/mol. The lowest BCUT2D eigenvalue weighted by atomic mass is 9.92. The van der Waals surface area contributed by atoms with E-state index in [4.69, 9.17) is 23.2 Å². The van der Waals surface area contributed by atoms with Crippen LogP contribution in [0, 0.1) is 6.92 Å². The first-order chi connectivity index (χ1) is 14.0. The molecule has 8 nitrogen and oxygen atoms in total. The van der Waals surface area contributed by atoms with Crippen molar-refractivity contribution in [1.82, 2.24) is 30.4 Å². The number of benzene rings is 2. The summed E-state index contributed by atoms with van der Waals surface area (Å²) in [6.07, 6.45) is 0. The summed E-state index contributed by atoms with van der Waals surface area (Å²) < 4.78 is 1.63. The molecule has 2 aromatic carbocycles. The number of nitrogens with one attached hydrogen (secondary N) is 2. The quantitative estimate of drug-likeness (QED) is 0.446. The number of hydrogen-bond donors (Lipinski definition) is 2. The van der Waals surface area contributed by atoms with Gasteiger partial charge in [0.15, 0.2) is 0 Å². The van der Waals surface area contributed by atoms with E-state index in [1.54, 1.807) is 22.9 Å². The highest BCUT2D eigenvalue weighted by atomic mass is 35.5. The Kier molecular flexibility index (Phi) is 4.11. The highest BCUT2D eigenvalue weighted by Crippen LogP contribution is 2.42. The van der Waals surface area contributed by atoms with E-state index in [0.29, 0.717) is 38.5 Å². The van der Waals surface area contributed by atoms with Crippen LogP contribution in [0.2, 0.25) is 10.0 Å². The second kappa shape index (κ2) is 6.68. The van der Waals surface area contributed by atoms with Crippen molar-refractivity contribution in [2.24, 2.45) is 0 Å². The van der Waals surface area contributed by atoms with Crippen LogP contribution in [0.15, 0.2) is 47.3 Å². The van der Waals surface area contributed by atoms with E-state index >= 15 is 0 Å². The van der Waals surface area contributed by atoms with Crippen LogP contribution in [0.25, 0.3) is 11.3 Å². The smallest absolute Gasteiger partial charge is 0.288 e. The van der Waals surface area contributed by atoms with Crippen molar-refractivity contribution in [2.45, 2.75) is 13.0 Å². The molecule has 5 rings (SSSR count). The molecule has 0 spiro atoms. The Balaban J connectivity index is 1.83. The van der Waals surface area contributed by atoms with Crippen LogP contribution in [0.3, 0.4) is 0 Å². The van der Waals surface area contributed by atoms with Crippen LogP contribution >= 0.6 is 23.2 Å². The molecule has 2 aromatic heterocycles. The lowest BCUT2D eigenvalue weighted by Crippen LogP contribution is -2.29. The second-order valence-corrected chi connectivity index (χ2v) is 7.54. The van der Waals surface area contributed by atoms with Gasteiger partial charge < -0.3 is 5.32 Å². The van der Waals surface area contributed by atoms with Crippen molar-refractivity contribution < 1.29 is 0 Å². The molecule has 1 aliphatic rings. The van der Waals surface area contributed by atoms with Gasteiger partial charge in [0.2, 0.25) is 5.95 Å². The van der Waals surface area contributed by atoms with Crippen LogP contribution in [-0.4, -0.2) is 30.4 Å². The van der Waals surface area contributed by atoms with E-state index in [2.05, 4.69) is 31.0 Å². The van der Waals surface area contributed by atoms with Gasteiger partial charge in [-0.15, -0.1) is 0 Å². The molecular weight excluding hydrogens is 413 g/mol. The molecule has 29 heavy (non-hydrogen) atoms. The Labute approximate surface area is 174 Å². The van der Waals surface area contributed by atoms with Crippen LogP contribution in [0.5, 0.6) is 0 Å². The molecule has 1 aliphatic heterocycles. The molecule has 0 aliphatic carbocycles. The number of aryl methyl sites for hydroxylation is 1. The van der Waals surface area contributed by atoms with Crippen molar-refractivity contribution in [3.8, 4) is 11.3 Å². The SMILES string of the molecule is Cc1ccc([C@@H]2c3c(-c4ccc(Cl)cc4Cl)n[nH]c(=O)c3Nc3nnnn32)cc1. The van der Waals surface area contributed by atoms with Crippen LogP contribution in [0.1, 0.15) is 22.7 Å². The zero-order valence-corrected chi connectivity index (χ0v) is 16.5. The number of H-pyrrole nitrogens is 1. The summed E-state index contributed by atoms with van der Waals surface area (Å²) >= 11 is 12.5. The predicted molar refractivity (Wildman–Crippen MR) is 110 cm³/mol. The van der Waals surface area contributed by atoms with Gasteiger partial charge in [-0.3, -0.25) is 4.79 Å². The van der Waals surface area contributed by atoms with Gasteiger partial charge in [0.1, 0.15) is 17.4 Å². The van der Waals surface area contributed by atoms with Gasteiger partial charge in [0.25, 0.3) is 5.56 Å². The average molecular weight is 426 g/mol. The normalized spacial score (nSPS) is 14.8. The van der Waals surface area contributed by atoms with Crippen LogP contribution in [-0.2, 0) is 0 Å². The fourth-order valence-corrected chi connectivity index (χ4v) is 3.98. The van der Waals surface area contributed by atoms with Gasteiger partial charge in [-0.2, -0.15) is 9.78 Å². The fraction of sp³-hybridized carbons (Fsp3) is 0.105. The molecule has 144 valence electrons.